The predicted molar refractivity (Wildman–Crippen MR) is 76.6 cm³/mol. The van der Waals surface area contributed by atoms with Gasteiger partial charge in [0.1, 0.15) is 5.82 Å². The molecule has 0 spiro atoms. The first-order valence-electron chi connectivity index (χ1n) is 6.94. The molecule has 0 bridgehead atoms. The van der Waals surface area contributed by atoms with Gasteiger partial charge in [0.15, 0.2) is 0 Å². The van der Waals surface area contributed by atoms with Crippen molar-refractivity contribution in [1.29, 1.82) is 0 Å². The van der Waals surface area contributed by atoms with Gasteiger partial charge in [0.25, 0.3) is 0 Å². The molecule has 2 aromatic rings. The number of hydrogen-bond acceptors (Lipinski definition) is 3. The lowest BCUT2D eigenvalue weighted by molar-refractivity contribution is 0.221. The quantitative estimate of drug-likeness (QED) is 0.897. The van der Waals surface area contributed by atoms with Crippen LogP contribution in [0, 0.1) is 0 Å². The largest absolute Gasteiger partial charge is 0.383 e. The maximum Gasteiger partial charge on any atom is 0.132 e. The number of hydrogen-bond donors (Lipinski definition) is 1. The van der Waals surface area contributed by atoms with Gasteiger partial charge in [-0.25, -0.2) is 9.97 Å². The minimum absolute atomic E-state index is 0.159. The average Bonchev–Trinajstić information content (AvgIpc) is 2.90. The minimum atomic E-state index is 0.159. The molecule has 1 aliphatic carbocycles. The Hall–Kier alpha value is -1.84. The van der Waals surface area contributed by atoms with Gasteiger partial charge in [-0.15, -0.1) is 0 Å². The van der Waals surface area contributed by atoms with Gasteiger partial charge in [-0.3, -0.25) is 0 Å². The highest BCUT2D eigenvalue weighted by Crippen LogP contribution is 2.38. The van der Waals surface area contributed by atoms with E-state index in [0.29, 0.717) is 5.82 Å². The van der Waals surface area contributed by atoms with Gasteiger partial charge in [-0.05, 0) is 31.9 Å². The molecule has 100 valence electrons. The Morgan fingerprint density at radius 2 is 2.05 bits per heavy atom. The summed E-state index contributed by atoms with van der Waals surface area (Å²) in [5.41, 5.74) is 8.22. The van der Waals surface area contributed by atoms with E-state index in [0.717, 1.165) is 11.3 Å². The Labute approximate surface area is 113 Å². The summed E-state index contributed by atoms with van der Waals surface area (Å²) in [4.78, 5) is 8.52. The third-order valence-electron chi connectivity index (χ3n) is 4.27. The van der Waals surface area contributed by atoms with Crippen LogP contribution in [0.4, 0.5) is 5.82 Å². The summed E-state index contributed by atoms with van der Waals surface area (Å²) in [7, 11) is 0. The number of nitrogen functional groups attached to an aromatic ring is 1. The standard InChI is InChI=1S/C15H20N4/c1-15(7-3-2-4-8-15)19-11-17-10-13(19)12-6-5-9-18-14(12)16/h5-6,9-11H,2-4,7-8H2,1H3,(H2,16,18). The van der Waals surface area contributed by atoms with Gasteiger partial charge in [-0.2, -0.15) is 0 Å². The first-order valence-corrected chi connectivity index (χ1v) is 6.94. The Morgan fingerprint density at radius 3 is 2.79 bits per heavy atom. The number of pyridine rings is 1. The fourth-order valence-electron chi connectivity index (χ4n) is 3.11. The van der Waals surface area contributed by atoms with E-state index in [1.807, 2.05) is 24.7 Å². The van der Waals surface area contributed by atoms with Crippen LogP contribution in [0.15, 0.2) is 30.9 Å². The lowest BCUT2D eigenvalue weighted by Gasteiger charge is -2.36. The van der Waals surface area contributed by atoms with Gasteiger partial charge >= 0.3 is 0 Å². The molecule has 0 aliphatic heterocycles. The number of anilines is 1. The van der Waals surface area contributed by atoms with Crippen LogP contribution in [0.5, 0.6) is 0 Å². The van der Waals surface area contributed by atoms with Crippen molar-refractivity contribution in [3.05, 3.63) is 30.9 Å². The zero-order valence-corrected chi connectivity index (χ0v) is 11.3. The zero-order valence-electron chi connectivity index (χ0n) is 11.3. The molecule has 4 heteroatoms. The van der Waals surface area contributed by atoms with E-state index in [1.54, 1.807) is 6.20 Å². The maximum atomic E-state index is 6.00. The average molecular weight is 256 g/mol. The second-order valence-electron chi connectivity index (χ2n) is 5.64. The second-order valence-corrected chi connectivity index (χ2v) is 5.64. The van der Waals surface area contributed by atoms with Gasteiger partial charge in [0.2, 0.25) is 0 Å². The second kappa shape index (κ2) is 4.68. The molecule has 2 heterocycles. The van der Waals surface area contributed by atoms with Crippen LogP contribution in [0.25, 0.3) is 11.3 Å². The van der Waals surface area contributed by atoms with Crippen molar-refractivity contribution in [2.24, 2.45) is 0 Å². The van der Waals surface area contributed by atoms with E-state index in [1.165, 1.54) is 32.1 Å². The van der Waals surface area contributed by atoms with Crippen molar-refractivity contribution in [3.63, 3.8) is 0 Å². The first kappa shape index (κ1) is 12.2. The van der Waals surface area contributed by atoms with Crippen molar-refractivity contribution in [2.75, 3.05) is 5.73 Å². The smallest absolute Gasteiger partial charge is 0.132 e. The highest BCUT2D eigenvalue weighted by molar-refractivity contribution is 5.70. The van der Waals surface area contributed by atoms with Crippen LogP contribution >= 0.6 is 0 Å². The summed E-state index contributed by atoms with van der Waals surface area (Å²) in [6, 6.07) is 3.94. The number of nitrogens with zero attached hydrogens (tertiary/aromatic N) is 3. The fourth-order valence-corrected chi connectivity index (χ4v) is 3.11. The molecule has 1 fully saturated rings. The molecule has 0 amide bonds. The zero-order chi connectivity index (χ0) is 13.3. The van der Waals surface area contributed by atoms with Crippen LogP contribution in [0.3, 0.4) is 0 Å². The summed E-state index contributed by atoms with van der Waals surface area (Å²) in [5, 5.41) is 0. The van der Waals surface area contributed by atoms with Crippen molar-refractivity contribution in [3.8, 4) is 11.3 Å². The van der Waals surface area contributed by atoms with Gasteiger partial charge < -0.3 is 10.3 Å². The third-order valence-corrected chi connectivity index (χ3v) is 4.27. The van der Waals surface area contributed by atoms with E-state index in [-0.39, 0.29) is 5.54 Å². The molecular weight excluding hydrogens is 236 g/mol. The Balaban J connectivity index is 2.06. The molecule has 1 aliphatic rings. The maximum absolute atomic E-state index is 6.00. The van der Waals surface area contributed by atoms with Crippen molar-refractivity contribution < 1.29 is 0 Å². The van der Waals surface area contributed by atoms with Crippen LogP contribution < -0.4 is 5.73 Å². The summed E-state index contributed by atoms with van der Waals surface area (Å²) < 4.78 is 2.29. The van der Waals surface area contributed by atoms with Crippen LogP contribution in [0.1, 0.15) is 39.0 Å². The predicted octanol–water partition coefficient (Wildman–Crippen LogP) is 3.21. The van der Waals surface area contributed by atoms with Crippen LogP contribution in [0.2, 0.25) is 0 Å². The minimum Gasteiger partial charge on any atom is -0.383 e. The normalized spacial score (nSPS) is 18.4. The molecule has 0 atom stereocenters. The highest BCUT2D eigenvalue weighted by Gasteiger charge is 2.30. The topological polar surface area (TPSA) is 56.7 Å². The number of rotatable bonds is 2. The highest BCUT2D eigenvalue weighted by atomic mass is 15.1. The van der Waals surface area contributed by atoms with Gasteiger partial charge in [0, 0.05) is 17.3 Å². The van der Waals surface area contributed by atoms with E-state index in [2.05, 4.69) is 21.5 Å². The van der Waals surface area contributed by atoms with Crippen molar-refractivity contribution in [1.82, 2.24) is 14.5 Å². The fraction of sp³-hybridized carbons (Fsp3) is 0.467. The molecule has 0 unspecified atom stereocenters. The number of imidazole rings is 1. The number of aromatic nitrogens is 3. The Bertz CT molecular complexity index is 567. The Kier molecular flexibility index (Phi) is 3.01. The summed E-state index contributed by atoms with van der Waals surface area (Å²) in [6.45, 7) is 2.32. The van der Waals surface area contributed by atoms with Crippen molar-refractivity contribution >= 4 is 5.82 Å². The van der Waals surface area contributed by atoms with Gasteiger partial charge in [0.05, 0.1) is 18.2 Å². The SMILES string of the molecule is CC1(n2cncc2-c2cccnc2N)CCCCC1. The molecule has 4 nitrogen and oxygen atoms in total. The molecule has 2 aromatic heterocycles. The molecule has 0 saturated heterocycles. The molecule has 19 heavy (non-hydrogen) atoms. The molecular formula is C15H20N4. The van der Waals surface area contributed by atoms with E-state index in [9.17, 15) is 0 Å². The Morgan fingerprint density at radius 1 is 1.26 bits per heavy atom. The molecule has 3 rings (SSSR count). The molecule has 1 saturated carbocycles. The molecule has 0 aromatic carbocycles. The number of nitrogens with two attached hydrogens (primary N) is 1. The van der Waals surface area contributed by atoms with E-state index in [4.69, 9.17) is 5.73 Å². The third kappa shape index (κ3) is 2.11. The molecule has 2 N–H and O–H groups in total. The molecule has 0 radical (unpaired) electrons. The lowest BCUT2D eigenvalue weighted by atomic mass is 9.83. The summed E-state index contributed by atoms with van der Waals surface area (Å²) >= 11 is 0. The summed E-state index contributed by atoms with van der Waals surface area (Å²) in [6.07, 6.45) is 11.9. The monoisotopic (exact) mass is 256 g/mol. The van der Waals surface area contributed by atoms with Crippen LogP contribution in [-0.4, -0.2) is 14.5 Å². The van der Waals surface area contributed by atoms with Crippen molar-refractivity contribution in [2.45, 2.75) is 44.6 Å². The first-order chi connectivity index (χ1) is 9.21. The van der Waals surface area contributed by atoms with Crippen LogP contribution in [-0.2, 0) is 5.54 Å². The lowest BCUT2D eigenvalue weighted by Crippen LogP contribution is -2.32. The van der Waals surface area contributed by atoms with E-state index < -0.39 is 0 Å². The van der Waals surface area contributed by atoms with E-state index >= 15 is 0 Å². The summed E-state index contributed by atoms with van der Waals surface area (Å²) in [5.74, 6) is 0.573. The van der Waals surface area contributed by atoms with Gasteiger partial charge in [-0.1, -0.05) is 19.3 Å².